The Morgan fingerprint density at radius 1 is 1.10 bits per heavy atom. The minimum atomic E-state index is -0.288. The predicted molar refractivity (Wildman–Crippen MR) is 86.4 cm³/mol. The van der Waals surface area contributed by atoms with Crippen molar-refractivity contribution >= 4 is 40.0 Å². The second-order valence-corrected chi connectivity index (χ2v) is 6.37. The molecular formula is C15H12N2O2S2. The van der Waals surface area contributed by atoms with E-state index in [0.717, 1.165) is 12.3 Å². The Balaban J connectivity index is 1.88. The van der Waals surface area contributed by atoms with Gasteiger partial charge in [-0.3, -0.25) is 14.6 Å². The second kappa shape index (κ2) is 6.24. The fourth-order valence-corrected chi connectivity index (χ4v) is 3.40. The van der Waals surface area contributed by atoms with Gasteiger partial charge in [-0.2, -0.15) is 0 Å². The van der Waals surface area contributed by atoms with Gasteiger partial charge in [0.05, 0.1) is 17.0 Å². The molecule has 1 amide bonds. The molecule has 106 valence electrons. The van der Waals surface area contributed by atoms with Gasteiger partial charge in [-0.05, 0) is 17.5 Å². The van der Waals surface area contributed by atoms with Gasteiger partial charge in [0.25, 0.3) is 5.91 Å². The van der Waals surface area contributed by atoms with Crippen LogP contribution in [0.25, 0.3) is 0 Å². The average Bonchev–Trinajstić information content (AvgIpc) is 3.19. The predicted octanol–water partition coefficient (Wildman–Crippen LogP) is 2.81. The molecule has 1 aliphatic heterocycles. The lowest BCUT2D eigenvalue weighted by Gasteiger charge is -2.08. The maximum absolute atomic E-state index is 12.5. The third-order valence-corrected chi connectivity index (χ3v) is 4.73. The lowest BCUT2D eigenvalue weighted by molar-refractivity contribution is 0.0964. The van der Waals surface area contributed by atoms with Crippen molar-refractivity contribution in [1.82, 2.24) is 5.32 Å². The van der Waals surface area contributed by atoms with E-state index in [-0.39, 0.29) is 11.7 Å². The average molecular weight is 316 g/mol. The van der Waals surface area contributed by atoms with Crippen LogP contribution in [0.4, 0.5) is 0 Å². The molecule has 21 heavy (non-hydrogen) atoms. The summed E-state index contributed by atoms with van der Waals surface area (Å²) < 4.78 is 0. The van der Waals surface area contributed by atoms with Gasteiger partial charge in [0.2, 0.25) is 5.78 Å². The number of thioether (sulfide) groups is 1. The lowest BCUT2D eigenvalue weighted by Crippen LogP contribution is -2.28. The molecule has 0 fully saturated rings. The summed E-state index contributed by atoms with van der Waals surface area (Å²) in [6.07, 6.45) is 0. The summed E-state index contributed by atoms with van der Waals surface area (Å²) in [6, 6.07) is 10.4. The van der Waals surface area contributed by atoms with Gasteiger partial charge in [0.1, 0.15) is 0 Å². The van der Waals surface area contributed by atoms with Crippen molar-refractivity contribution in [2.24, 2.45) is 4.99 Å². The monoisotopic (exact) mass is 316 g/mol. The van der Waals surface area contributed by atoms with Crippen LogP contribution in [-0.2, 0) is 0 Å². The molecule has 1 aromatic heterocycles. The smallest absolute Gasteiger partial charge is 0.257 e. The first-order valence-corrected chi connectivity index (χ1v) is 8.28. The van der Waals surface area contributed by atoms with E-state index >= 15 is 0 Å². The van der Waals surface area contributed by atoms with Crippen LogP contribution < -0.4 is 5.32 Å². The van der Waals surface area contributed by atoms with Crippen molar-refractivity contribution in [2.75, 3.05) is 12.3 Å². The van der Waals surface area contributed by atoms with E-state index in [2.05, 4.69) is 10.3 Å². The fraction of sp³-hybridized carbons (Fsp3) is 0.133. The zero-order chi connectivity index (χ0) is 14.7. The van der Waals surface area contributed by atoms with E-state index in [4.69, 9.17) is 0 Å². The van der Waals surface area contributed by atoms with Crippen LogP contribution in [-0.4, -0.2) is 29.2 Å². The third-order valence-electron chi connectivity index (χ3n) is 2.97. The summed E-state index contributed by atoms with van der Waals surface area (Å²) in [4.78, 5) is 29.6. The molecular weight excluding hydrogens is 304 g/mol. The number of rotatable bonds is 3. The Kier molecular flexibility index (Phi) is 4.17. The molecule has 0 atom stereocenters. The maximum atomic E-state index is 12.5. The van der Waals surface area contributed by atoms with Crippen LogP contribution in [0.5, 0.6) is 0 Å². The van der Waals surface area contributed by atoms with Crippen LogP contribution >= 0.6 is 23.1 Å². The minimum Gasteiger partial charge on any atom is -0.301 e. The second-order valence-electron chi connectivity index (χ2n) is 4.34. The van der Waals surface area contributed by atoms with Crippen molar-refractivity contribution in [3.05, 3.63) is 57.8 Å². The summed E-state index contributed by atoms with van der Waals surface area (Å²) in [6.45, 7) is 0.718. The highest BCUT2D eigenvalue weighted by Gasteiger charge is 2.20. The molecule has 1 aliphatic rings. The standard InChI is InChI=1S/C15H12N2O2S2/c18-13(12-6-3-8-20-12)10-4-1-2-5-11(10)14(19)17-15-16-7-9-21-15/h1-6,8H,7,9H2,(H,16,17,19). The first kappa shape index (κ1) is 14.0. The van der Waals surface area contributed by atoms with Gasteiger partial charge in [-0.15, -0.1) is 11.3 Å². The number of amidine groups is 1. The number of aliphatic imine (C=N–C) groups is 1. The first-order valence-electron chi connectivity index (χ1n) is 6.41. The number of nitrogens with one attached hydrogen (secondary N) is 1. The molecule has 0 saturated carbocycles. The Morgan fingerprint density at radius 2 is 1.90 bits per heavy atom. The van der Waals surface area contributed by atoms with Crippen LogP contribution in [0.3, 0.4) is 0 Å². The van der Waals surface area contributed by atoms with Crippen molar-refractivity contribution in [2.45, 2.75) is 0 Å². The van der Waals surface area contributed by atoms with Gasteiger partial charge >= 0.3 is 0 Å². The molecule has 2 aromatic rings. The quantitative estimate of drug-likeness (QED) is 0.886. The SMILES string of the molecule is O=C(NC1=NCCS1)c1ccccc1C(=O)c1cccs1. The number of carbonyl (C=O) groups is 2. The van der Waals surface area contributed by atoms with Crippen molar-refractivity contribution in [3.8, 4) is 0 Å². The first-order chi connectivity index (χ1) is 10.3. The zero-order valence-electron chi connectivity index (χ0n) is 11.0. The molecule has 0 unspecified atom stereocenters. The Morgan fingerprint density at radius 3 is 2.57 bits per heavy atom. The van der Waals surface area contributed by atoms with Crippen LogP contribution in [0.2, 0.25) is 0 Å². The highest BCUT2D eigenvalue weighted by Crippen LogP contribution is 2.19. The molecule has 0 radical (unpaired) electrons. The van der Waals surface area contributed by atoms with Gasteiger partial charge in [0.15, 0.2) is 5.17 Å². The molecule has 1 aromatic carbocycles. The van der Waals surface area contributed by atoms with E-state index in [1.165, 1.54) is 23.1 Å². The van der Waals surface area contributed by atoms with E-state index in [9.17, 15) is 9.59 Å². The van der Waals surface area contributed by atoms with Crippen LogP contribution in [0.15, 0.2) is 46.8 Å². The summed E-state index contributed by atoms with van der Waals surface area (Å²) in [5, 5.41) is 5.23. The van der Waals surface area contributed by atoms with Gasteiger partial charge < -0.3 is 5.32 Å². The molecule has 0 spiro atoms. The molecule has 4 nitrogen and oxygen atoms in total. The normalized spacial score (nSPS) is 13.8. The lowest BCUT2D eigenvalue weighted by atomic mass is 10.0. The van der Waals surface area contributed by atoms with E-state index in [1.807, 2.05) is 11.4 Å². The van der Waals surface area contributed by atoms with Crippen molar-refractivity contribution in [1.29, 1.82) is 0 Å². The Hall–Kier alpha value is -1.92. The maximum Gasteiger partial charge on any atom is 0.257 e. The number of thiophene rings is 1. The van der Waals surface area contributed by atoms with E-state index in [0.29, 0.717) is 21.2 Å². The summed E-state index contributed by atoms with van der Waals surface area (Å²) in [5.41, 5.74) is 0.798. The van der Waals surface area contributed by atoms with Gasteiger partial charge in [-0.1, -0.05) is 36.0 Å². The largest absolute Gasteiger partial charge is 0.301 e. The zero-order valence-corrected chi connectivity index (χ0v) is 12.7. The Labute approximate surface area is 130 Å². The minimum absolute atomic E-state index is 0.128. The third kappa shape index (κ3) is 3.06. The number of ketones is 1. The molecule has 0 saturated heterocycles. The topological polar surface area (TPSA) is 58.5 Å². The number of nitrogens with zero attached hydrogens (tertiary/aromatic N) is 1. The van der Waals surface area contributed by atoms with Gasteiger partial charge in [0, 0.05) is 11.3 Å². The summed E-state index contributed by atoms with van der Waals surface area (Å²) >= 11 is 2.88. The van der Waals surface area contributed by atoms with Crippen molar-refractivity contribution < 1.29 is 9.59 Å². The van der Waals surface area contributed by atoms with Crippen LogP contribution in [0, 0.1) is 0 Å². The van der Waals surface area contributed by atoms with E-state index in [1.54, 1.807) is 30.3 Å². The number of carbonyl (C=O) groups excluding carboxylic acids is 2. The number of benzene rings is 1. The molecule has 0 aliphatic carbocycles. The Bertz CT molecular complexity index is 708. The fourth-order valence-electron chi connectivity index (χ4n) is 1.99. The molecule has 2 heterocycles. The van der Waals surface area contributed by atoms with E-state index < -0.39 is 0 Å². The van der Waals surface area contributed by atoms with Crippen LogP contribution in [0.1, 0.15) is 25.6 Å². The highest BCUT2D eigenvalue weighted by atomic mass is 32.2. The van der Waals surface area contributed by atoms with Gasteiger partial charge in [-0.25, -0.2) is 0 Å². The number of hydrogen-bond acceptors (Lipinski definition) is 5. The molecule has 3 rings (SSSR count). The number of amides is 1. The van der Waals surface area contributed by atoms with Crippen molar-refractivity contribution in [3.63, 3.8) is 0 Å². The number of hydrogen-bond donors (Lipinski definition) is 1. The summed E-state index contributed by atoms with van der Waals surface area (Å²) in [5.74, 6) is 0.464. The highest BCUT2D eigenvalue weighted by molar-refractivity contribution is 8.14. The summed E-state index contributed by atoms with van der Waals surface area (Å²) in [7, 11) is 0. The molecule has 6 heteroatoms. The molecule has 0 bridgehead atoms. The molecule has 1 N–H and O–H groups in total.